The van der Waals surface area contributed by atoms with Crippen molar-refractivity contribution in [1.82, 2.24) is 10.3 Å². The number of primary amides is 1. The highest BCUT2D eigenvalue weighted by Gasteiger charge is 2.09. The van der Waals surface area contributed by atoms with Crippen LogP contribution in [-0.4, -0.2) is 31.0 Å². The normalized spacial score (nSPS) is 12.5. The van der Waals surface area contributed by atoms with Gasteiger partial charge in [0.15, 0.2) is 5.13 Å². The molecule has 84 valence electrons. The molecule has 0 aliphatic carbocycles. The van der Waals surface area contributed by atoms with E-state index < -0.39 is 0 Å². The van der Waals surface area contributed by atoms with E-state index in [2.05, 4.69) is 10.3 Å². The summed E-state index contributed by atoms with van der Waals surface area (Å²) in [5.41, 5.74) is 5.13. The molecule has 1 atom stereocenters. The van der Waals surface area contributed by atoms with Gasteiger partial charge in [0.1, 0.15) is 0 Å². The van der Waals surface area contributed by atoms with E-state index in [0.717, 1.165) is 10.0 Å². The Hall–Kier alpha value is -1.14. The number of aromatic nitrogens is 1. The topological polar surface area (TPSA) is 71.2 Å². The van der Waals surface area contributed by atoms with Gasteiger partial charge in [0.2, 0.25) is 5.91 Å². The number of thiazole rings is 1. The van der Waals surface area contributed by atoms with Crippen LogP contribution >= 0.6 is 11.3 Å². The Kier molecular flexibility index (Phi) is 4.05. The number of hydrogen-bond acceptors (Lipinski definition) is 5. The van der Waals surface area contributed by atoms with Crippen LogP contribution in [-0.2, 0) is 11.3 Å². The first-order chi connectivity index (χ1) is 7.00. The van der Waals surface area contributed by atoms with E-state index in [4.69, 9.17) is 5.73 Å². The Morgan fingerprint density at radius 1 is 1.73 bits per heavy atom. The number of anilines is 1. The van der Waals surface area contributed by atoms with E-state index in [-0.39, 0.29) is 11.9 Å². The zero-order valence-electron chi connectivity index (χ0n) is 9.15. The third kappa shape index (κ3) is 3.49. The number of rotatable bonds is 5. The van der Waals surface area contributed by atoms with Crippen molar-refractivity contribution >= 4 is 22.4 Å². The van der Waals surface area contributed by atoms with E-state index in [0.29, 0.717) is 6.54 Å². The number of carbonyl (C=O) groups is 1. The molecule has 5 nitrogen and oxygen atoms in total. The zero-order valence-corrected chi connectivity index (χ0v) is 9.97. The van der Waals surface area contributed by atoms with Crippen molar-refractivity contribution in [3.63, 3.8) is 0 Å². The first-order valence-electron chi connectivity index (χ1n) is 4.65. The van der Waals surface area contributed by atoms with Crippen LogP contribution in [0.2, 0.25) is 0 Å². The molecule has 1 aromatic rings. The molecule has 15 heavy (non-hydrogen) atoms. The second kappa shape index (κ2) is 5.09. The van der Waals surface area contributed by atoms with Gasteiger partial charge in [-0.2, -0.15) is 0 Å². The SMILES string of the molecule is C[C@@H](NCc1cnc(N(C)C)s1)C(N)=O. The molecule has 0 aliphatic heterocycles. The third-order valence-corrected chi connectivity index (χ3v) is 3.10. The van der Waals surface area contributed by atoms with Gasteiger partial charge in [-0.3, -0.25) is 4.79 Å². The molecular formula is C9H16N4OS. The maximum absolute atomic E-state index is 10.8. The monoisotopic (exact) mass is 228 g/mol. The largest absolute Gasteiger partial charge is 0.368 e. The van der Waals surface area contributed by atoms with Crippen molar-refractivity contribution in [2.75, 3.05) is 19.0 Å². The summed E-state index contributed by atoms with van der Waals surface area (Å²) in [5.74, 6) is -0.340. The lowest BCUT2D eigenvalue weighted by Gasteiger charge is -2.08. The van der Waals surface area contributed by atoms with Crippen molar-refractivity contribution in [2.24, 2.45) is 5.73 Å². The molecule has 0 bridgehead atoms. The molecule has 1 rings (SSSR count). The van der Waals surface area contributed by atoms with Gasteiger partial charge in [0.05, 0.1) is 6.04 Å². The summed E-state index contributed by atoms with van der Waals surface area (Å²) in [7, 11) is 3.89. The van der Waals surface area contributed by atoms with Gasteiger partial charge in [-0.05, 0) is 6.92 Å². The molecule has 0 spiro atoms. The molecular weight excluding hydrogens is 212 g/mol. The van der Waals surface area contributed by atoms with Gasteiger partial charge in [-0.1, -0.05) is 0 Å². The van der Waals surface area contributed by atoms with Gasteiger partial charge in [-0.15, -0.1) is 11.3 Å². The molecule has 0 aliphatic rings. The van der Waals surface area contributed by atoms with Gasteiger partial charge in [0, 0.05) is 31.7 Å². The van der Waals surface area contributed by atoms with E-state index in [1.165, 1.54) is 0 Å². The average molecular weight is 228 g/mol. The van der Waals surface area contributed by atoms with Crippen molar-refractivity contribution in [3.8, 4) is 0 Å². The number of nitrogens with one attached hydrogen (secondary N) is 1. The molecule has 0 saturated carbocycles. The van der Waals surface area contributed by atoms with Crippen LogP contribution in [0.1, 0.15) is 11.8 Å². The van der Waals surface area contributed by atoms with Crippen LogP contribution in [0.5, 0.6) is 0 Å². The predicted molar refractivity (Wildman–Crippen MR) is 61.9 cm³/mol. The number of nitrogens with zero attached hydrogens (tertiary/aromatic N) is 2. The van der Waals surface area contributed by atoms with Crippen molar-refractivity contribution < 1.29 is 4.79 Å². The van der Waals surface area contributed by atoms with Gasteiger partial charge in [-0.25, -0.2) is 4.98 Å². The summed E-state index contributed by atoms with van der Waals surface area (Å²) in [6, 6.07) is -0.310. The molecule has 0 unspecified atom stereocenters. The summed E-state index contributed by atoms with van der Waals surface area (Å²) in [6.45, 7) is 2.37. The maximum atomic E-state index is 10.8. The fraction of sp³-hybridized carbons (Fsp3) is 0.556. The minimum absolute atomic E-state index is 0.310. The predicted octanol–water partition coefficient (Wildman–Crippen LogP) is 0.173. The fourth-order valence-electron chi connectivity index (χ4n) is 0.940. The van der Waals surface area contributed by atoms with Gasteiger partial charge in [0.25, 0.3) is 0 Å². The lowest BCUT2D eigenvalue weighted by Crippen LogP contribution is -2.38. The van der Waals surface area contributed by atoms with E-state index >= 15 is 0 Å². The van der Waals surface area contributed by atoms with Crippen LogP contribution in [0, 0.1) is 0 Å². The van der Waals surface area contributed by atoms with Crippen LogP contribution in [0.3, 0.4) is 0 Å². The molecule has 1 heterocycles. The first kappa shape index (κ1) is 11.9. The summed E-state index contributed by atoms with van der Waals surface area (Å²) in [5, 5.41) is 3.98. The molecule has 0 saturated heterocycles. The molecule has 1 aromatic heterocycles. The Morgan fingerprint density at radius 3 is 2.87 bits per heavy atom. The smallest absolute Gasteiger partial charge is 0.234 e. The Labute approximate surface area is 93.3 Å². The minimum atomic E-state index is -0.340. The van der Waals surface area contributed by atoms with Crippen molar-refractivity contribution in [2.45, 2.75) is 19.5 Å². The van der Waals surface area contributed by atoms with Crippen LogP contribution in [0.4, 0.5) is 5.13 Å². The average Bonchev–Trinajstić information content (AvgIpc) is 2.62. The summed E-state index contributed by atoms with van der Waals surface area (Å²) in [4.78, 5) is 18.0. The van der Waals surface area contributed by atoms with E-state index in [1.807, 2.05) is 19.0 Å². The van der Waals surface area contributed by atoms with Crippen LogP contribution in [0.25, 0.3) is 0 Å². The first-order valence-corrected chi connectivity index (χ1v) is 5.47. The number of hydrogen-bond donors (Lipinski definition) is 2. The minimum Gasteiger partial charge on any atom is -0.368 e. The number of amides is 1. The van der Waals surface area contributed by atoms with Crippen molar-refractivity contribution in [3.05, 3.63) is 11.1 Å². The Balaban J connectivity index is 2.47. The van der Waals surface area contributed by atoms with Gasteiger partial charge >= 0.3 is 0 Å². The summed E-state index contributed by atoms with van der Waals surface area (Å²) >= 11 is 1.59. The number of carbonyl (C=O) groups excluding carboxylic acids is 1. The highest BCUT2D eigenvalue weighted by Crippen LogP contribution is 2.19. The highest BCUT2D eigenvalue weighted by atomic mass is 32.1. The Bertz CT molecular complexity index is 337. The van der Waals surface area contributed by atoms with Crippen molar-refractivity contribution in [1.29, 1.82) is 0 Å². The van der Waals surface area contributed by atoms with E-state index in [9.17, 15) is 4.79 Å². The lowest BCUT2D eigenvalue weighted by atomic mass is 10.3. The summed E-state index contributed by atoms with van der Waals surface area (Å²) in [6.07, 6.45) is 1.81. The molecule has 6 heteroatoms. The molecule has 0 fully saturated rings. The lowest BCUT2D eigenvalue weighted by molar-refractivity contribution is -0.119. The quantitative estimate of drug-likeness (QED) is 0.754. The number of nitrogens with two attached hydrogens (primary N) is 1. The fourth-order valence-corrected chi connectivity index (χ4v) is 1.72. The second-order valence-electron chi connectivity index (χ2n) is 3.51. The molecule has 3 N–H and O–H groups in total. The molecule has 0 radical (unpaired) electrons. The molecule has 0 aromatic carbocycles. The van der Waals surface area contributed by atoms with Crippen LogP contribution in [0.15, 0.2) is 6.20 Å². The van der Waals surface area contributed by atoms with Gasteiger partial charge < -0.3 is 16.0 Å². The molecule has 1 amide bonds. The maximum Gasteiger partial charge on any atom is 0.234 e. The standard InChI is InChI=1S/C9H16N4OS/c1-6(8(10)14)11-4-7-5-12-9(15-7)13(2)3/h5-6,11H,4H2,1-3H3,(H2,10,14)/t6-/m1/s1. The highest BCUT2D eigenvalue weighted by molar-refractivity contribution is 7.15. The summed E-state index contributed by atoms with van der Waals surface area (Å²) < 4.78 is 0. The Morgan fingerprint density at radius 2 is 2.40 bits per heavy atom. The van der Waals surface area contributed by atoms with E-state index in [1.54, 1.807) is 24.5 Å². The third-order valence-electron chi connectivity index (χ3n) is 1.93. The zero-order chi connectivity index (χ0) is 11.4. The van der Waals surface area contributed by atoms with Crippen LogP contribution < -0.4 is 16.0 Å². The second-order valence-corrected chi connectivity index (χ2v) is 4.60.